The molecule has 2 unspecified atom stereocenters. The maximum Gasteiger partial charge on any atom is 0.216 e. The molecule has 1 heterocycles. The lowest BCUT2D eigenvalue weighted by Gasteiger charge is -2.17. The van der Waals surface area contributed by atoms with Crippen molar-refractivity contribution in [3.8, 4) is 5.88 Å². The van der Waals surface area contributed by atoms with Crippen molar-refractivity contribution in [3.63, 3.8) is 0 Å². The molecule has 1 aromatic heterocycles. The van der Waals surface area contributed by atoms with Gasteiger partial charge in [0.2, 0.25) is 5.88 Å². The van der Waals surface area contributed by atoms with Gasteiger partial charge in [-0.3, -0.25) is 0 Å². The number of aromatic nitrogens is 2. The highest BCUT2D eigenvalue weighted by Gasteiger charge is 2.26. The first-order valence-electron chi connectivity index (χ1n) is 6.97. The average Bonchev–Trinajstić information content (AvgIpc) is 2.84. The lowest BCUT2D eigenvalue weighted by atomic mass is 9.97. The van der Waals surface area contributed by atoms with E-state index in [0.29, 0.717) is 17.7 Å². The van der Waals surface area contributed by atoms with E-state index < -0.39 is 0 Å². The number of nitrogens with two attached hydrogens (primary N) is 1. The highest BCUT2D eigenvalue weighted by molar-refractivity contribution is 5.13. The van der Waals surface area contributed by atoms with Crippen LogP contribution >= 0.6 is 0 Å². The third-order valence-corrected chi connectivity index (χ3v) is 3.77. The maximum absolute atomic E-state index is 5.80. The third-order valence-electron chi connectivity index (χ3n) is 3.77. The molecule has 2 rings (SSSR count). The van der Waals surface area contributed by atoms with Crippen LogP contribution in [0.1, 0.15) is 38.3 Å². The Kier molecular flexibility index (Phi) is 4.93. The van der Waals surface area contributed by atoms with E-state index in [4.69, 9.17) is 10.5 Å². The molecule has 1 saturated carbocycles. The second-order valence-corrected chi connectivity index (χ2v) is 5.10. The minimum Gasteiger partial charge on any atom is -0.477 e. The van der Waals surface area contributed by atoms with Gasteiger partial charge in [0.25, 0.3) is 0 Å². The van der Waals surface area contributed by atoms with Crippen molar-refractivity contribution in [2.45, 2.75) is 39.0 Å². The summed E-state index contributed by atoms with van der Waals surface area (Å²) in [5.74, 6) is 1.93. The topological polar surface area (TPSA) is 61.0 Å². The van der Waals surface area contributed by atoms with E-state index >= 15 is 0 Å². The molecule has 1 fully saturated rings. The maximum atomic E-state index is 5.80. The minimum atomic E-state index is 0.597. The fraction of sp³-hybridized carbons (Fsp3) is 0.714. The number of hydrogen-bond acceptors (Lipinski definition) is 4. The van der Waals surface area contributed by atoms with Crippen molar-refractivity contribution in [2.75, 3.05) is 13.2 Å². The summed E-state index contributed by atoms with van der Waals surface area (Å²) in [7, 11) is 0. The lowest BCUT2D eigenvalue weighted by molar-refractivity contribution is 0.210. The Hall–Kier alpha value is -1.16. The normalized spacial score (nSPS) is 23.2. The predicted octanol–water partition coefficient (Wildman–Crippen LogP) is 2.18. The summed E-state index contributed by atoms with van der Waals surface area (Å²) < 4.78 is 5.80. The number of aryl methyl sites for hydroxylation is 1. The zero-order valence-corrected chi connectivity index (χ0v) is 11.1. The van der Waals surface area contributed by atoms with E-state index in [1.807, 2.05) is 6.07 Å². The van der Waals surface area contributed by atoms with Crippen LogP contribution in [0.3, 0.4) is 0 Å². The highest BCUT2D eigenvalue weighted by atomic mass is 16.5. The molecule has 100 valence electrons. The summed E-state index contributed by atoms with van der Waals surface area (Å²) in [4.78, 5) is 8.40. The van der Waals surface area contributed by atoms with Crippen LogP contribution < -0.4 is 10.5 Å². The molecule has 0 amide bonds. The van der Waals surface area contributed by atoms with Crippen LogP contribution in [0.25, 0.3) is 0 Å². The number of ether oxygens (including phenoxy) is 1. The molecule has 1 aliphatic rings. The van der Waals surface area contributed by atoms with E-state index in [1.54, 1.807) is 6.33 Å². The second-order valence-electron chi connectivity index (χ2n) is 5.10. The van der Waals surface area contributed by atoms with E-state index in [-0.39, 0.29) is 0 Å². The van der Waals surface area contributed by atoms with E-state index in [9.17, 15) is 0 Å². The number of hydrogen-bond donors (Lipinski definition) is 1. The molecule has 4 nitrogen and oxygen atoms in total. The van der Waals surface area contributed by atoms with Crippen LogP contribution in [0.2, 0.25) is 0 Å². The second kappa shape index (κ2) is 6.69. The van der Waals surface area contributed by atoms with Crippen LogP contribution in [0.15, 0.2) is 12.4 Å². The molecular weight excluding hydrogens is 226 g/mol. The molecule has 0 aliphatic heterocycles. The Morgan fingerprint density at radius 1 is 1.33 bits per heavy atom. The van der Waals surface area contributed by atoms with Gasteiger partial charge in [0.1, 0.15) is 6.33 Å². The third kappa shape index (κ3) is 3.42. The van der Waals surface area contributed by atoms with Crippen LogP contribution in [0, 0.1) is 11.8 Å². The molecule has 0 bridgehead atoms. The SMILES string of the molecule is CCCc1cc(OCC2CCCC2CN)ncn1. The summed E-state index contributed by atoms with van der Waals surface area (Å²) in [6.45, 7) is 3.66. The van der Waals surface area contributed by atoms with Gasteiger partial charge < -0.3 is 10.5 Å². The van der Waals surface area contributed by atoms with Gasteiger partial charge in [0.15, 0.2) is 0 Å². The Bertz CT molecular complexity index is 370. The van der Waals surface area contributed by atoms with Gasteiger partial charge in [-0.2, -0.15) is 0 Å². The smallest absolute Gasteiger partial charge is 0.216 e. The fourth-order valence-corrected chi connectivity index (χ4v) is 2.68. The predicted molar refractivity (Wildman–Crippen MR) is 71.4 cm³/mol. The van der Waals surface area contributed by atoms with Crippen molar-refractivity contribution in [2.24, 2.45) is 17.6 Å². The molecule has 2 atom stereocenters. The van der Waals surface area contributed by atoms with Crippen molar-refractivity contribution in [3.05, 3.63) is 18.1 Å². The first-order valence-corrected chi connectivity index (χ1v) is 6.97. The van der Waals surface area contributed by atoms with Gasteiger partial charge in [-0.25, -0.2) is 9.97 Å². The van der Waals surface area contributed by atoms with Crippen LogP contribution in [-0.4, -0.2) is 23.1 Å². The monoisotopic (exact) mass is 249 g/mol. The summed E-state index contributed by atoms with van der Waals surface area (Å²) in [6, 6.07) is 1.95. The standard InChI is InChI=1S/C14H23N3O/c1-2-4-13-7-14(17-10-16-13)18-9-12-6-3-5-11(12)8-15/h7,10-12H,2-6,8-9,15H2,1H3. The van der Waals surface area contributed by atoms with Gasteiger partial charge >= 0.3 is 0 Å². The molecular formula is C14H23N3O. The summed E-state index contributed by atoms with van der Waals surface area (Å²) in [5.41, 5.74) is 6.84. The minimum absolute atomic E-state index is 0.597. The first-order chi connectivity index (χ1) is 8.83. The Morgan fingerprint density at radius 2 is 2.17 bits per heavy atom. The molecule has 2 N–H and O–H groups in total. The van der Waals surface area contributed by atoms with Crippen LogP contribution in [0.4, 0.5) is 0 Å². The van der Waals surface area contributed by atoms with Gasteiger partial charge in [-0.1, -0.05) is 19.8 Å². The zero-order valence-electron chi connectivity index (χ0n) is 11.1. The highest BCUT2D eigenvalue weighted by Crippen LogP contribution is 2.31. The molecule has 0 aromatic carbocycles. The summed E-state index contributed by atoms with van der Waals surface area (Å²) in [6.07, 6.45) is 7.42. The van der Waals surface area contributed by atoms with Crippen LogP contribution in [-0.2, 0) is 6.42 Å². The molecule has 1 aliphatic carbocycles. The number of nitrogens with zero attached hydrogens (tertiary/aromatic N) is 2. The van der Waals surface area contributed by atoms with Gasteiger partial charge in [-0.05, 0) is 37.6 Å². The Balaban J connectivity index is 1.87. The fourth-order valence-electron chi connectivity index (χ4n) is 2.68. The molecule has 18 heavy (non-hydrogen) atoms. The number of rotatable bonds is 6. The zero-order chi connectivity index (χ0) is 12.8. The quantitative estimate of drug-likeness (QED) is 0.839. The molecule has 1 aromatic rings. The summed E-state index contributed by atoms with van der Waals surface area (Å²) in [5, 5.41) is 0. The van der Waals surface area contributed by atoms with E-state index in [1.165, 1.54) is 19.3 Å². The Labute approximate surface area is 109 Å². The lowest BCUT2D eigenvalue weighted by Crippen LogP contribution is -2.23. The first kappa shape index (κ1) is 13.3. The van der Waals surface area contributed by atoms with E-state index in [2.05, 4.69) is 16.9 Å². The van der Waals surface area contributed by atoms with Crippen molar-refractivity contribution in [1.29, 1.82) is 0 Å². The molecule has 0 radical (unpaired) electrons. The van der Waals surface area contributed by atoms with Gasteiger partial charge in [0, 0.05) is 11.8 Å². The molecule has 0 spiro atoms. The Morgan fingerprint density at radius 3 is 2.94 bits per heavy atom. The van der Waals surface area contributed by atoms with Gasteiger partial charge in [-0.15, -0.1) is 0 Å². The van der Waals surface area contributed by atoms with Crippen molar-refractivity contribution >= 4 is 0 Å². The largest absolute Gasteiger partial charge is 0.477 e. The molecule has 4 heteroatoms. The van der Waals surface area contributed by atoms with Gasteiger partial charge in [0.05, 0.1) is 6.61 Å². The van der Waals surface area contributed by atoms with Crippen LogP contribution in [0.5, 0.6) is 5.88 Å². The van der Waals surface area contributed by atoms with Crippen molar-refractivity contribution < 1.29 is 4.74 Å². The van der Waals surface area contributed by atoms with Crippen molar-refractivity contribution in [1.82, 2.24) is 9.97 Å². The summed E-state index contributed by atoms with van der Waals surface area (Å²) >= 11 is 0. The molecule has 0 saturated heterocycles. The van der Waals surface area contributed by atoms with E-state index in [0.717, 1.165) is 31.7 Å². The average molecular weight is 249 g/mol.